The zero-order chi connectivity index (χ0) is 15.3. The molecule has 2 atom stereocenters. The second kappa shape index (κ2) is 6.58. The van der Waals surface area contributed by atoms with Gasteiger partial charge in [0.1, 0.15) is 6.61 Å². The van der Waals surface area contributed by atoms with Crippen molar-refractivity contribution in [3.8, 4) is 0 Å². The minimum Gasteiger partial charge on any atom is -0.481 e. The van der Waals surface area contributed by atoms with Crippen molar-refractivity contribution in [3.63, 3.8) is 0 Å². The molecule has 1 heterocycles. The van der Waals surface area contributed by atoms with Gasteiger partial charge in [-0.25, -0.2) is 4.79 Å². The molecular formula is C15H20N2O4. The van der Waals surface area contributed by atoms with Gasteiger partial charge >= 0.3 is 12.1 Å². The fraction of sp³-hybridized carbons (Fsp3) is 0.467. The first-order valence-electron chi connectivity index (χ1n) is 6.93. The van der Waals surface area contributed by atoms with Gasteiger partial charge in [-0.3, -0.25) is 4.79 Å². The van der Waals surface area contributed by atoms with Crippen molar-refractivity contribution in [1.82, 2.24) is 10.6 Å². The van der Waals surface area contributed by atoms with Gasteiger partial charge in [-0.05, 0) is 18.9 Å². The molecule has 0 saturated carbocycles. The average molecular weight is 292 g/mol. The maximum Gasteiger partial charge on any atom is 0.407 e. The van der Waals surface area contributed by atoms with Gasteiger partial charge in [0.05, 0.1) is 12.0 Å². The number of amides is 1. The number of carboxylic acids is 1. The Labute approximate surface area is 123 Å². The summed E-state index contributed by atoms with van der Waals surface area (Å²) in [6, 6.07) is 9.50. The van der Waals surface area contributed by atoms with E-state index in [-0.39, 0.29) is 19.1 Å². The molecule has 0 bridgehead atoms. The van der Waals surface area contributed by atoms with Crippen LogP contribution >= 0.6 is 0 Å². The molecule has 21 heavy (non-hydrogen) atoms. The van der Waals surface area contributed by atoms with E-state index in [1.165, 1.54) is 0 Å². The number of alkyl carbamates (subject to hydrolysis) is 1. The lowest BCUT2D eigenvalue weighted by molar-refractivity contribution is -0.138. The highest BCUT2D eigenvalue weighted by Crippen LogP contribution is 2.23. The van der Waals surface area contributed by atoms with E-state index in [1.807, 2.05) is 37.3 Å². The lowest BCUT2D eigenvalue weighted by Gasteiger charge is -2.27. The summed E-state index contributed by atoms with van der Waals surface area (Å²) in [7, 11) is 0. The quantitative estimate of drug-likeness (QED) is 0.765. The monoisotopic (exact) mass is 292 g/mol. The van der Waals surface area contributed by atoms with E-state index in [1.54, 1.807) is 0 Å². The topological polar surface area (TPSA) is 87.7 Å². The highest BCUT2D eigenvalue weighted by Gasteiger charge is 2.41. The third-order valence-electron chi connectivity index (χ3n) is 3.56. The van der Waals surface area contributed by atoms with Crippen molar-refractivity contribution >= 4 is 12.1 Å². The second-order valence-corrected chi connectivity index (χ2v) is 5.52. The normalized spacial score (nSPS) is 24.5. The van der Waals surface area contributed by atoms with Crippen LogP contribution in [0, 0.1) is 0 Å². The Kier molecular flexibility index (Phi) is 4.80. The molecule has 1 aliphatic heterocycles. The SMILES string of the molecule is CC1CC(CC(=O)O)(NC(=O)OCc2ccccc2)CN1. The summed E-state index contributed by atoms with van der Waals surface area (Å²) in [6.45, 7) is 2.56. The van der Waals surface area contributed by atoms with Crippen LogP contribution in [0.4, 0.5) is 4.79 Å². The minimum atomic E-state index is -0.936. The summed E-state index contributed by atoms with van der Waals surface area (Å²) in [5.41, 5.74) is 0.108. The molecule has 0 aliphatic carbocycles. The smallest absolute Gasteiger partial charge is 0.407 e. The lowest BCUT2D eigenvalue weighted by atomic mass is 9.92. The van der Waals surface area contributed by atoms with Crippen molar-refractivity contribution in [2.75, 3.05) is 6.54 Å². The van der Waals surface area contributed by atoms with Gasteiger partial charge in [0.25, 0.3) is 0 Å². The van der Waals surface area contributed by atoms with Gasteiger partial charge in [0.15, 0.2) is 0 Å². The van der Waals surface area contributed by atoms with E-state index in [0.717, 1.165) is 5.56 Å². The maximum absolute atomic E-state index is 11.9. The predicted octanol–water partition coefficient (Wildman–Crippen LogP) is 1.51. The maximum atomic E-state index is 11.9. The molecule has 1 aromatic rings. The van der Waals surface area contributed by atoms with Gasteiger partial charge in [0.2, 0.25) is 0 Å². The van der Waals surface area contributed by atoms with Crippen LogP contribution in [0.5, 0.6) is 0 Å². The molecule has 1 aliphatic rings. The third-order valence-corrected chi connectivity index (χ3v) is 3.56. The first-order valence-corrected chi connectivity index (χ1v) is 6.93. The molecule has 3 N–H and O–H groups in total. The molecule has 2 rings (SSSR count). The largest absolute Gasteiger partial charge is 0.481 e. The van der Waals surface area contributed by atoms with Gasteiger partial charge in [-0.1, -0.05) is 30.3 Å². The minimum absolute atomic E-state index is 0.120. The number of rotatable bonds is 5. The van der Waals surface area contributed by atoms with Gasteiger partial charge in [0, 0.05) is 12.6 Å². The Morgan fingerprint density at radius 2 is 2.14 bits per heavy atom. The van der Waals surface area contributed by atoms with Crippen molar-refractivity contribution in [2.45, 2.75) is 38.0 Å². The van der Waals surface area contributed by atoms with Crippen LogP contribution in [0.3, 0.4) is 0 Å². The fourth-order valence-corrected chi connectivity index (χ4v) is 2.64. The zero-order valence-corrected chi connectivity index (χ0v) is 12.0. The van der Waals surface area contributed by atoms with Crippen molar-refractivity contribution < 1.29 is 19.4 Å². The summed E-state index contributed by atoms with van der Waals surface area (Å²) in [5.74, 6) is -0.936. The van der Waals surface area contributed by atoms with Gasteiger partial charge in [-0.2, -0.15) is 0 Å². The molecule has 1 amide bonds. The molecule has 0 spiro atoms. The first-order chi connectivity index (χ1) is 9.99. The Bertz CT molecular complexity index is 506. The molecule has 0 aromatic heterocycles. The standard InChI is InChI=1S/C15H20N2O4/c1-11-7-15(10-16-11,8-13(18)19)17-14(20)21-9-12-5-3-2-4-6-12/h2-6,11,16H,7-10H2,1H3,(H,17,20)(H,18,19). The Morgan fingerprint density at radius 1 is 1.43 bits per heavy atom. The van der Waals surface area contributed by atoms with Crippen LogP contribution in [0.2, 0.25) is 0 Å². The number of carbonyl (C=O) groups excluding carboxylic acids is 1. The summed E-state index contributed by atoms with van der Waals surface area (Å²) >= 11 is 0. The Morgan fingerprint density at radius 3 is 2.71 bits per heavy atom. The summed E-state index contributed by atoms with van der Waals surface area (Å²) in [6.07, 6.45) is -0.138. The third kappa shape index (κ3) is 4.46. The van der Waals surface area contributed by atoms with E-state index < -0.39 is 17.6 Å². The predicted molar refractivity (Wildman–Crippen MR) is 76.8 cm³/mol. The number of aliphatic carboxylic acids is 1. The van der Waals surface area contributed by atoms with E-state index in [4.69, 9.17) is 9.84 Å². The molecule has 1 fully saturated rings. The van der Waals surface area contributed by atoms with Crippen molar-refractivity contribution in [3.05, 3.63) is 35.9 Å². The summed E-state index contributed by atoms with van der Waals surface area (Å²) < 4.78 is 5.16. The van der Waals surface area contributed by atoms with Crippen molar-refractivity contribution in [1.29, 1.82) is 0 Å². The van der Waals surface area contributed by atoms with Crippen LogP contribution < -0.4 is 10.6 Å². The lowest BCUT2D eigenvalue weighted by Crippen LogP contribution is -2.51. The van der Waals surface area contributed by atoms with Crippen LogP contribution in [0.1, 0.15) is 25.3 Å². The van der Waals surface area contributed by atoms with Crippen LogP contribution in [0.25, 0.3) is 0 Å². The van der Waals surface area contributed by atoms with E-state index in [0.29, 0.717) is 13.0 Å². The second-order valence-electron chi connectivity index (χ2n) is 5.52. The van der Waals surface area contributed by atoms with E-state index >= 15 is 0 Å². The Balaban J connectivity index is 1.91. The van der Waals surface area contributed by atoms with Crippen LogP contribution in [0.15, 0.2) is 30.3 Å². The van der Waals surface area contributed by atoms with Crippen LogP contribution in [-0.2, 0) is 16.1 Å². The number of nitrogens with one attached hydrogen (secondary N) is 2. The molecule has 6 heteroatoms. The highest BCUT2D eigenvalue weighted by atomic mass is 16.5. The number of hydrogen-bond donors (Lipinski definition) is 3. The highest BCUT2D eigenvalue weighted by molar-refractivity contribution is 5.73. The number of ether oxygens (including phenoxy) is 1. The zero-order valence-electron chi connectivity index (χ0n) is 12.0. The van der Waals surface area contributed by atoms with Crippen LogP contribution in [-0.4, -0.2) is 35.3 Å². The summed E-state index contributed by atoms with van der Waals surface area (Å²) in [4.78, 5) is 22.9. The summed E-state index contributed by atoms with van der Waals surface area (Å²) in [5, 5.41) is 14.9. The molecule has 1 aromatic carbocycles. The van der Waals surface area contributed by atoms with Crippen molar-refractivity contribution in [2.24, 2.45) is 0 Å². The van der Waals surface area contributed by atoms with E-state index in [2.05, 4.69) is 10.6 Å². The number of benzene rings is 1. The molecular weight excluding hydrogens is 272 g/mol. The van der Waals surface area contributed by atoms with E-state index in [9.17, 15) is 9.59 Å². The van der Waals surface area contributed by atoms with Gasteiger partial charge in [-0.15, -0.1) is 0 Å². The fourth-order valence-electron chi connectivity index (χ4n) is 2.64. The van der Waals surface area contributed by atoms with Gasteiger partial charge < -0.3 is 20.5 Å². The molecule has 6 nitrogen and oxygen atoms in total. The first kappa shape index (κ1) is 15.3. The number of hydrogen-bond acceptors (Lipinski definition) is 4. The molecule has 1 saturated heterocycles. The molecule has 0 radical (unpaired) electrons. The average Bonchev–Trinajstić information content (AvgIpc) is 2.77. The number of carboxylic acid groups (broad SMARTS) is 1. The number of carbonyl (C=O) groups is 2. The Hall–Kier alpha value is -2.08. The molecule has 2 unspecified atom stereocenters. The molecule has 114 valence electrons.